The highest BCUT2D eigenvalue weighted by Gasteiger charge is 2.26. The average molecular weight is 366 g/mol. The maximum absolute atomic E-state index is 11.8. The number of nitrogens with two attached hydrogens (primary N) is 2. The Bertz CT molecular complexity index is 860. The number of nitrogen functional groups attached to an aromatic ring is 1. The monoisotopic (exact) mass is 366 g/mol. The summed E-state index contributed by atoms with van der Waals surface area (Å²) < 4.78 is 5.86. The molecule has 0 saturated heterocycles. The molecule has 142 valence electrons. The number of rotatable bonds is 7. The van der Waals surface area contributed by atoms with Crippen LogP contribution in [0, 0.1) is 0 Å². The molecule has 1 aliphatic rings. The summed E-state index contributed by atoms with van der Waals surface area (Å²) in [4.78, 5) is 11.8. The minimum atomic E-state index is -1.02. The number of benzene rings is 1. The Morgan fingerprint density at radius 2 is 2.19 bits per heavy atom. The van der Waals surface area contributed by atoms with Gasteiger partial charge >= 0.3 is 5.97 Å². The number of anilines is 1. The maximum Gasteiger partial charge on any atom is 0.336 e. The predicted molar refractivity (Wildman–Crippen MR) is 110 cm³/mol. The number of carbonyl (C=O) groups is 1. The van der Waals surface area contributed by atoms with Crippen molar-refractivity contribution in [2.24, 2.45) is 5.73 Å². The van der Waals surface area contributed by atoms with Gasteiger partial charge < -0.3 is 21.3 Å². The molecule has 2 rings (SSSR count). The van der Waals surface area contributed by atoms with E-state index in [2.05, 4.69) is 6.58 Å². The molecule has 5 nitrogen and oxygen atoms in total. The molecule has 1 aromatic carbocycles. The summed E-state index contributed by atoms with van der Waals surface area (Å²) in [6.07, 6.45) is 9.39. The highest BCUT2D eigenvalue weighted by molar-refractivity contribution is 6.03. The van der Waals surface area contributed by atoms with Crippen molar-refractivity contribution < 1.29 is 14.6 Å². The lowest BCUT2D eigenvalue weighted by atomic mass is 9.86. The first-order valence-corrected chi connectivity index (χ1v) is 8.85. The Kier molecular flexibility index (Phi) is 6.79. The van der Waals surface area contributed by atoms with E-state index in [1.165, 1.54) is 12.2 Å². The molecule has 0 spiro atoms. The van der Waals surface area contributed by atoms with E-state index in [9.17, 15) is 9.90 Å². The standard InChI is InChI=1S/C22H26N2O3/c1-4-7-18(22(25)26)17(6-3)21-14(8-9-15(23)5-2)13-27-20-12-16(24)10-11-19(20)21/h4,6-12,15H,1,5,13,23-24H2,2-3H3,(H,25,26)/b9-8-,17-6+,18-7+. The van der Waals surface area contributed by atoms with E-state index in [-0.39, 0.29) is 11.6 Å². The van der Waals surface area contributed by atoms with Crippen LogP contribution in [-0.4, -0.2) is 23.7 Å². The number of hydrogen-bond donors (Lipinski definition) is 3. The molecule has 0 fully saturated rings. The summed E-state index contributed by atoms with van der Waals surface area (Å²) in [5.41, 5.74) is 15.7. The number of carboxylic acids is 1. The molecule has 1 unspecified atom stereocenters. The molecule has 5 N–H and O–H groups in total. The van der Waals surface area contributed by atoms with Gasteiger partial charge in [-0.25, -0.2) is 4.79 Å². The van der Waals surface area contributed by atoms with E-state index >= 15 is 0 Å². The second-order valence-electron chi connectivity index (χ2n) is 6.20. The number of aliphatic carboxylic acids is 1. The molecule has 1 atom stereocenters. The molecular weight excluding hydrogens is 340 g/mol. The largest absolute Gasteiger partial charge is 0.488 e. The lowest BCUT2D eigenvalue weighted by Gasteiger charge is -2.25. The fraction of sp³-hybridized carbons (Fsp3) is 0.227. The number of ether oxygens (including phenoxy) is 1. The van der Waals surface area contributed by atoms with Crippen LogP contribution in [0.4, 0.5) is 5.69 Å². The third-order valence-corrected chi connectivity index (χ3v) is 4.36. The SMILES string of the molecule is C=C/C=C(C(=O)O)\C(=C/C)C1=C(/C=C\C(N)CC)COc2cc(N)ccc21. The van der Waals surface area contributed by atoms with E-state index in [4.69, 9.17) is 16.2 Å². The molecule has 0 aromatic heterocycles. The van der Waals surface area contributed by atoms with Gasteiger partial charge in [-0.3, -0.25) is 0 Å². The van der Waals surface area contributed by atoms with Crippen LogP contribution in [0.15, 0.2) is 71.9 Å². The van der Waals surface area contributed by atoms with E-state index in [0.717, 1.165) is 23.1 Å². The van der Waals surface area contributed by atoms with Gasteiger partial charge in [0.15, 0.2) is 0 Å². The minimum Gasteiger partial charge on any atom is -0.488 e. The van der Waals surface area contributed by atoms with Crippen LogP contribution in [0.5, 0.6) is 5.75 Å². The number of carboxylic acid groups (broad SMARTS) is 1. The van der Waals surface area contributed by atoms with Gasteiger partial charge in [-0.2, -0.15) is 0 Å². The zero-order chi connectivity index (χ0) is 20.0. The van der Waals surface area contributed by atoms with Crippen LogP contribution in [0.1, 0.15) is 25.8 Å². The summed E-state index contributed by atoms with van der Waals surface area (Å²) >= 11 is 0. The lowest BCUT2D eigenvalue weighted by molar-refractivity contribution is -0.132. The molecule has 27 heavy (non-hydrogen) atoms. The van der Waals surface area contributed by atoms with E-state index in [0.29, 0.717) is 23.6 Å². The molecule has 1 aromatic rings. The van der Waals surface area contributed by atoms with Crippen LogP contribution in [0.3, 0.4) is 0 Å². The summed E-state index contributed by atoms with van der Waals surface area (Å²) in [6, 6.07) is 5.29. The number of fused-ring (bicyclic) bond motifs is 1. The molecule has 0 saturated carbocycles. The van der Waals surface area contributed by atoms with Crippen LogP contribution in [-0.2, 0) is 4.79 Å². The minimum absolute atomic E-state index is 0.0803. The van der Waals surface area contributed by atoms with Gasteiger partial charge in [0.2, 0.25) is 0 Å². The maximum atomic E-state index is 11.8. The van der Waals surface area contributed by atoms with Crippen molar-refractivity contribution in [3.63, 3.8) is 0 Å². The topological polar surface area (TPSA) is 98.6 Å². The van der Waals surface area contributed by atoms with Crippen molar-refractivity contribution in [1.82, 2.24) is 0 Å². The second-order valence-corrected chi connectivity index (χ2v) is 6.20. The molecule has 5 heteroatoms. The first kappa shape index (κ1) is 20.3. The van der Waals surface area contributed by atoms with Crippen molar-refractivity contribution in [3.05, 3.63) is 77.4 Å². The molecular formula is C22H26N2O3. The van der Waals surface area contributed by atoms with Gasteiger partial charge in [-0.15, -0.1) is 0 Å². The molecule has 0 bridgehead atoms. The first-order valence-electron chi connectivity index (χ1n) is 8.85. The van der Waals surface area contributed by atoms with Crippen LogP contribution in [0.2, 0.25) is 0 Å². The first-order chi connectivity index (χ1) is 12.9. The van der Waals surface area contributed by atoms with Crippen LogP contribution < -0.4 is 16.2 Å². The Morgan fingerprint density at radius 3 is 2.78 bits per heavy atom. The summed E-state index contributed by atoms with van der Waals surface area (Å²) in [5, 5.41) is 9.70. The number of hydrogen-bond acceptors (Lipinski definition) is 4. The number of allylic oxidation sites excluding steroid dienone is 4. The Morgan fingerprint density at radius 1 is 1.44 bits per heavy atom. The second kappa shape index (κ2) is 9.05. The van der Waals surface area contributed by atoms with Gasteiger partial charge in [-0.05, 0) is 48.3 Å². The van der Waals surface area contributed by atoms with E-state index in [1.54, 1.807) is 18.2 Å². The zero-order valence-electron chi connectivity index (χ0n) is 15.7. The molecule has 1 heterocycles. The normalized spacial score (nSPS) is 16.1. The third kappa shape index (κ3) is 4.57. The Balaban J connectivity index is 2.73. The summed E-state index contributed by atoms with van der Waals surface area (Å²) in [6.45, 7) is 7.76. The van der Waals surface area contributed by atoms with Gasteiger partial charge in [0.1, 0.15) is 12.4 Å². The Hall–Kier alpha value is -3.05. The van der Waals surface area contributed by atoms with E-state index in [1.807, 2.05) is 32.1 Å². The fourth-order valence-corrected chi connectivity index (χ4v) is 2.92. The van der Waals surface area contributed by atoms with Crippen molar-refractivity contribution >= 4 is 17.2 Å². The molecule has 1 aliphatic heterocycles. The molecule has 0 radical (unpaired) electrons. The van der Waals surface area contributed by atoms with Crippen molar-refractivity contribution in [1.29, 1.82) is 0 Å². The highest BCUT2D eigenvalue weighted by atomic mass is 16.5. The van der Waals surface area contributed by atoms with Crippen LogP contribution >= 0.6 is 0 Å². The van der Waals surface area contributed by atoms with E-state index < -0.39 is 5.97 Å². The fourth-order valence-electron chi connectivity index (χ4n) is 2.92. The van der Waals surface area contributed by atoms with Gasteiger partial charge in [0.05, 0.1) is 5.57 Å². The van der Waals surface area contributed by atoms with Crippen molar-refractivity contribution in [3.8, 4) is 5.75 Å². The van der Waals surface area contributed by atoms with Gasteiger partial charge in [-0.1, -0.05) is 37.8 Å². The average Bonchev–Trinajstić information content (AvgIpc) is 2.66. The smallest absolute Gasteiger partial charge is 0.336 e. The predicted octanol–water partition coefficient (Wildman–Crippen LogP) is 3.85. The van der Waals surface area contributed by atoms with Gasteiger partial charge in [0, 0.05) is 23.4 Å². The van der Waals surface area contributed by atoms with Crippen molar-refractivity contribution in [2.45, 2.75) is 26.3 Å². The Labute approximate surface area is 160 Å². The van der Waals surface area contributed by atoms with Crippen LogP contribution in [0.25, 0.3) is 5.57 Å². The molecule has 0 aliphatic carbocycles. The van der Waals surface area contributed by atoms with Crippen molar-refractivity contribution in [2.75, 3.05) is 12.3 Å². The zero-order valence-corrected chi connectivity index (χ0v) is 15.7. The quantitative estimate of drug-likeness (QED) is 0.387. The summed E-state index contributed by atoms with van der Waals surface area (Å²) in [5.74, 6) is -0.391. The lowest BCUT2D eigenvalue weighted by Crippen LogP contribution is -2.17. The highest BCUT2D eigenvalue weighted by Crippen LogP contribution is 2.41. The third-order valence-electron chi connectivity index (χ3n) is 4.36. The van der Waals surface area contributed by atoms with Gasteiger partial charge in [0.25, 0.3) is 0 Å². The summed E-state index contributed by atoms with van der Waals surface area (Å²) in [7, 11) is 0. The molecule has 0 amide bonds.